The summed E-state index contributed by atoms with van der Waals surface area (Å²) in [6.45, 7) is 6.45. The summed E-state index contributed by atoms with van der Waals surface area (Å²) in [6, 6.07) is 11.2. The molecule has 0 aromatic heterocycles. The first-order valence-corrected chi connectivity index (χ1v) is 7.29. The van der Waals surface area contributed by atoms with Crippen molar-refractivity contribution in [1.82, 2.24) is 0 Å². The van der Waals surface area contributed by atoms with Crippen LogP contribution in [0.5, 0.6) is 5.75 Å². The van der Waals surface area contributed by atoms with Crippen molar-refractivity contribution < 1.29 is 5.11 Å². The highest BCUT2D eigenvalue weighted by atomic mass is 35.5. The molecule has 0 fully saturated rings. The van der Waals surface area contributed by atoms with Crippen LogP contribution >= 0.6 is 23.2 Å². The van der Waals surface area contributed by atoms with Gasteiger partial charge in [-0.3, -0.25) is 0 Å². The zero-order valence-corrected chi connectivity index (χ0v) is 13.4. The van der Waals surface area contributed by atoms with Crippen molar-refractivity contribution in [3.63, 3.8) is 0 Å². The third kappa shape index (κ3) is 3.47. The monoisotopic (exact) mass is 308 g/mol. The van der Waals surface area contributed by atoms with Gasteiger partial charge in [0.15, 0.2) is 0 Å². The largest absolute Gasteiger partial charge is 0.508 e. The standard InChI is InChI=1S/C17H18Cl2O/c1-17(2,3)13-5-7-16(20)12(9-13)8-11-4-6-14(18)10-15(11)19/h4-7,9-10,20H,8H2,1-3H3. The summed E-state index contributed by atoms with van der Waals surface area (Å²) in [5.74, 6) is 0.295. The molecule has 0 saturated carbocycles. The Morgan fingerprint density at radius 3 is 2.25 bits per heavy atom. The zero-order chi connectivity index (χ0) is 14.9. The molecular weight excluding hydrogens is 291 g/mol. The van der Waals surface area contributed by atoms with Crippen LogP contribution in [0, 0.1) is 0 Å². The van der Waals surface area contributed by atoms with Crippen molar-refractivity contribution in [3.8, 4) is 5.75 Å². The van der Waals surface area contributed by atoms with E-state index in [1.54, 1.807) is 12.1 Å². The second-order valence-corrected chi connectivity index (χ2v) is 6.85. The number of phenols is 1. The molecule has 2 aromatic rings. The van der Waals surface area contributed by atoms with Gasteiger partial charge >= 0.3 is 0 Å². The van der Waals surface area contributed by atoms with Crippen molar-refractivity contribution in [2.24, 2.45) is 0 Å². The van der Waals surface area contributed by atoms with Crippen LogP contribution in [0.3, 0.4) is 0 Å². The van der Waals surface area contributed by atoms with Crippen LogP contribution in [0.1, 0.15) is 37.5 Å². The lowest BCUT2D eigenvalue weighted by Gasteiger charge is -2.20. The molecule has 1 N–H and O–H groups in total. The van der Waals surface area contributed by atoms with Gasteiger partial charge in [0.1, 0.15) is 5.75 Å². The van der Waals surface area contributed by atoms with Crippen molar-refractivity contribution in [2.75, 3.05) is 0 Å². The minimum absolute atomic E-state index is 0.0479. The summed E-state index contributed by atoms with van der Waals surface area (Å²) in [5, 5.41) is 11.3. The van der Waals surface area contributed by atoms with Crippen LogP contribution in [0.4, 0.5) is 0 Å². The number of hydrogen-bond acceptors (Lipinski definition) is 1. The molecule has 0 aliphatic heterocycles. The molecule has 0 unspecified atom stereocenters. The highest BCUT2D eigenvalue weighted by Gasteiger charge is 2.16. The van der Waals surface area contributed by atoms with E-state index in [-0.39, 0.29) is 5.41 Å². The maximum absolute atomic E-state index is 10.0. The molecule has 0 aliphatic rings. The molecule has 2 rings (SSSR count). The van der Waals surface area contributed by atoms with Gasteiger partial charge in [0.05, 0.1) is 0 Å². The molecule has 20 heavy (non-hydrogen) atoms. The van der Waals surface area contributed by atoms with Crippen LogP contribution < -0.4 is 0 Å². The van der Waals surface area contributed by atoms with Gasteiger partial charge in [-0.15, -0.1) is 0 Å². The van der Waals surface area contributed by atoms with E-state index in [2.05, 4.69) is 20.8 Å². The van der Waals surface area contributed by atoms with Gasteiger partial charge in [-0.1, -0.05) is 62.2 Å². The predicted octanol–water partition coefficient (Wildman–Crippen LogP) is 5.59. The molecule has 0 saturated heterocycles. The number of phenolic OH excluding ortho intramolecular Hbond substituents is 1. The van der Waals surface area contributed by atoms with Crippen molar-refractivity contribution in [1.29, 1.82) is 0 Å². The average Bonchev–Trinajstić information content (AvgIpc) is 2.33. The number of halogens is 2. The Hall–Kier alpha value is -1.18. The quantitative estimate of drug-likeness (QED) is 0.767. The molecule has 0 bridgehead atoms. The minimum atomic E-state index is 0.0479. The molecule has 0 amide bonds. The van der Waals surface area contributed by atoms with Crippen molar-refractivity contribution in [2.45, 2.75) is 32.6 Å². The van der Waals surface area contributed by atoms with Crippen LogP contribution in [-0.2, 0) is 11.8 Å². The minimum Gasteiger partial charge on any atom is -0.508 e. The van der Waals surface area contributed by atoms with Gasteiger partial charge in [0, 0.05) is 16.5 Å². The summed E-state index contributed by atoms with van der Waals surface area (Å²) in [6.07, 6.45) is 0.589. The van der Waals surface area contributed by atoms with Gasteiger partial charge in [0.2, 0.25) is 0 Å². The third-order valence-electron chi connectivity index (χ3n) is 3.34. The molecular formula is C17H18Cl2O. The molecule has 0 heterocycles. The Bertz CT molecular complexity index is 627. The second kappa shape index (κ2) is 5.67. The second-order valence-electron chi connectivity index (χ2n) is 6.01. The lowest BCUT2D eigenvalue weighted by Crippen LogP contribution is -2.11. The van der Waals surface area contributed by atoms with Crippen LogP contribution in [0.2, 0.25) is 10.0 Å². The third-order valence-corrected chi connectivity index (χ3v) is 3.93. The first-order chi connectivity index (χ1) is 9.27. The van der Waals surface area contributed by atoms with Crippen molar-refractivity contribution >= 4 is 23.2 Å². The van der Waals surface area contributed by atoms with E-state index in [1.807, 2.05) is 24.3 Å². The molecule has 0 aliphatic carbocycles. The molecule has 1 nitrogen and oxygen atoms in total. The Morgan fingerprint density at radius 1 is 0.950 bits per heavy atom. The van der Waals surface area contributed by atoms with E-state index in [0.29, 0.717) is 22.2 Å². The van der Waals surface area contributed by atoms with E-state index in [1.165, 1.54) is 5.56 Å². The van der Waals surface area contributed by atoms with Gasteiger partial charge in [-0.2, -0.15) is 0 Å². The summed E-state index contributed by atoms with van der Waals surface area (Å²) in [5.41, 5.74) is 3.07. The van der Waals surface area contributed by atoms with Gasteiger partial charge in [-0.05, 0) is 40.3 Å². The first kappa shape index (κ1) is 15.2. The maximum atomic E-state index is 10.0. The molecule has 2 aromatic carbocycles. The summed E-state index contributed by atoms with van der Waals surface area (Å²) in [7, 11) is 0. The average molecular weight is 309 g/mol. The lowest BCUT2D eigenvalue weighted by molar-refractivity contribution is 0.468. The summed E-state index contributed by atoms with van der Waals surface area (Å²) >= 11 is 12.1. The lowest BCUT2D eigenvalue weighted by atomic mass is 9.85. The molecule has 3 heteroatoms. The van der Waals surface area contributed by atoms with E-state index in [4.69, 9.17) is 23.2 Å². The van der Waals surface area contributed by atoms with Crippen LogP contribution in [0.15, 0.2) is 36.4 Å². The maximum Gasteiger partial charge on any atom is 0.119 e. The molecule has 0 atom stereocenters. The van der Waals surface area contributed by atoms with Gasteiger partial charge in [0.25, 0.3) is 0 Å². The Kier molecular flexibility index (Phi) is 4.31. The number of hydrogen-bond donors (Lipinski definition) is 1. The predicted molar refractivity (Wildman–Crippen MR) is 86.1 cm³/mol. The first-order valence-electron chi connectivity index (χ1n) is 6.53. The number of benzene rings is 2. The zero-order valence-electron chi connectivity index (χ0n) is 11.9. The Morgan fingerprint density at radius 2 is 1.65 bits per heavy atom. The van der Waals surface area contributed by atoms with Crippen LogP contribution in [-0.4, -0.2) is 5.11 Å². The summed E-state index contributed by atoms with van der Waals surface area (Å²) < 4.78 is 0. The smallest absolute Gasteiger partial charge is 0.119 e. The van der Waals surface area contributed by atoms with E-state index >= 15 is 0 Å². The Labute approximate surface area is 130 Å². The van der Waals surface area contributed by atoms with E-state index < -0.39 is 0 Å². The molecule has 0 radical (unpaired) electrons. The van der Waals surface area contributed by atoms with E-state index in [9.17, 15) is 5.11 Å². The number of rotatable bonds is 2. The summed E-state index contributed by atoms with van der Waals surface area (Å²) in [4.78, 5) is 0. The molecule has 0 spiro atoms. The Balaban J connectivity index is 2.38. The normalized spacial score (nSPS) is 11.7. The van der Waals surface area contributed by atoms with Gasteiger partial charge in [-0.25, -0.2) is 0 Å². The fourth-order valence-corrected chi connectivity index (χ4v) is 2.54. The topological polar surface area (TPSA) is 20.2 Å². The van der Waals surface area contributed by atoms with Gasteiger partial charge < -0.3 is 5.11 Å². The van der Waals surface area contributed by atoms with E-state index in [0.717, 1.165) is 11.1 Å². The fourth-order valence-electron chi connectivity index (χ4n) is 2.06. The SMILES string of the molecule is CC(C)(C)c1ccc(O)c(Cc2ccc(Cl)cc2Cl)c1. The number of aromatic hydroxyl groups is 1. The highest BCUT2D eigenvalue weighted by molar-refractivity contribution is 6.35. The van der Waals surface area contributed by atoms with Crippen molar-refractivity contribution in [3.05, 3.63) is 63.1 Å². The molecule has 106 valence electrons. The fraction of sp³-hybridized carbons (Fsp3) is 0.294. The highest BCUT2D eigenvalue weighted by Crippen LogP contribution is 2.30. The van der Waals surface area contributed by atoms with Crippen LogP contribution in [0.25, 0.3) is 0 Å².